The quantitative estimate of drug-likeness (QED) is 0.640. The molecule has 0 bridgehead atoms. The van der Waals surface area contributed by atoms with Gasteiger partial charge in [-0.2, -0.15) is 0 Å². The minimum atomic E-state index is 0.705. The molecule has 0 spiro atoms. The first-order chi connectivity index (χ1) is 8.77. The van der Waals surface area contributed by atoms with Crippen LogP contribution in [0.3, 0.4) is 0 Å². The highest BCUT2D eigenvalue weighted by molar-refractivity contribution is 6.31. The van der Waals surface area contributed by atoms with E-state index in [1.807, 2.05) is 12.1 Å². The van der Waals surface area contributed by atoms with E-state index in [-0.39, 0.29) is 0 Å². The smallest absolute Gasteiger partial charge is 0.0438 e. The summed E-state index contributed by atoms with van der Waals surface area (Å²) in [6, 6.07) is 8.23. The number of rotatable bonds is 9. The van der Waals surface area contributed by atoms with Crippen LogP contribution in [-0.2, 0) is 6.42 Å². The number of benzene rings is 1. The third kappa shape index (κ3) is 5.88. The van der Waals surface area contributed by atoms with Crippen molar-refractivity contribution in [3.05, 3.63) is 34.9 Å². The van der Waals surface area contributed by atoms with Crippen LogP contribution >= 0.6 is 11.6 Å². The Morgan fingerprint density at radius 3 is 2.61 bits per heavy atom. The van der Waals surface area contributed by atoms with Crippen LogP contribution in [0.4, 0.5) is 0 Å². The van der Waals surface area contributed by atoms with Gasteiger partial charge in [0.2, 0.25) is 0 Å². The Labute approximate surface area is 117 Å². The van der Waals surface area contributed by atoms with Crippen LogP contribution < -0.4 is 5.32 Å². The lowest BCUT2D eigenvalue weighted by molar-refractivity contribution is 0.429. The van der Waals surface area contributed by atoms with Gasteiger partial charge in [0.15, 0.2) is 0 Å². The second-order valence-corrected chi connectivity index (χ2v) is 5.37. The monoisotopic (exact) mass is 267 g/mol. The molecule has 18 heavy (non-hydrogen) atoms. The Morgan fingerprint density at radius 1 is 1.17 bits per heavy atom. The van der Waals surface area contributed by atoms with Gasteiger partial charge in [-0.15, -0.1) is 0 Å². The highest BCUT2D eigenvalue weighted by Crippen LogP contribution is 2.21. The molecule has 1 aromatic carbocycles. The Balaban J connectivity index is 2.51. The average Bonchev–Trinajstić information content (AvgIpc) is 2.38. The number of unbranched alkanes of at least 4 members (excludes halogenated alkanes) is 2. The van der Waals surface area contributed by atoms with Crippen LogP contribution in [0, 0.1) is 5.92 Å². The molecule has 0 radical (unpaired) electrons. The van der Waals surface area contributed by atoms with Crippen molar-refractivity contribution in [1.29, 1.82) is 0 Å². The lowest BCUT2D eigenvalue weighted by Crippen LogP contribution is -2.24. The highest BCUT2D eigenvalue weighted by atomic mass is 35.5. The van der Waals surface area contributed by atoms with Gasteiger partial charge in [-0.1, -0.05) is 62.9 Å². The fourth-order valence-electron chi connectivity index (χ4n) is 2.28. The van der Waals surface area contributed by atoms with E-state index in [2.05, 4.69) is 31.3 Å². The molecule has 1 atom stereocenters. The molecular weight excluding hydrogens is 242 g/mol. The molecule has 0 fully saturated rings. The van der Waals surface area contributed by atoms with Crippen LogP contribution in [0.25, 0.3) is 0 Å². The van der Waals surface area contributed by atoms with E-state index in [1.54, 1.807) is 0 Å². The van der Waals surface area contributed by atoms with Crippen molar-refractivity contribution in [2.24, 2.45) is 5.92 Å². The van der Waals surface area contributed by atoms with Gasteiger partial charge in [-0.25, -0.2) is 0 Å². The summed E-state index contributed by atoms with van der Waals surface area (Å²) in [5, 5.41) is 4.38. The van der Waals surface area contributed by atoms with Crippen LogP contribution in [0.5, 0.6) is 0 Å². The number of nitrogens with one attached hydrogen (secondary N) is 1. The third-order valence-electron chi connectivity index (χ3n) is 3.37. The summed E-state index contributed by atoms with van der Waals surface area (Å²) in [7, 11) is 0. The molecule has 2 heteroatoms. The first-order valence-corrected chi connectivity index (χ1v) is 7.59. The van der Waals surface area contributed by atoms with Crippen molar-refractivity contribution in [1.82, 2.24) is 5.32 Å². The summed E-state index contributed by atoms with van der Waals surface area (Å²) >= 11 is 6.24. The van der Waals surface area contributed by atoms with Crippen molar-refractivity contribution in [3.8, 4) is 0 Å². The predicted octanol–water partition coefficient (Wildman–Crippen LogP) is 4.69. The largest absolute Gasteiger partial charge is 0.317 e. The Kier molecular flexibility index (Phi) is 8.11. The van der Waals surface area contributed by atoms with Crippen molar-refractivity contribution in [2.45, 2.75) is 46.0 Å². The molecule has 0 saturated carbocycles. The van der Waals surface area contributed by atoms with Gasteiger partial charge in [0, 0.05) is 5.02 Å². The van der Waals surface area contributed by atoms with Crippen LogP contribution in [0.15, 0.2) is 24.3 Å². The molecule has 0 aliphatic heterocycles. The summed E-state index contributed by atoms with van der Waals surface area (Å²) in [5.41, 5.74) is 1.29. The van der Waals surface area contributed by atoms with Gasteiger partial charge in [0.05, 0.1) is 0 Å². The summed E-state index contributed by atoms with van der Waals surface area (Å²) in [6.45, 7) is 6.57. The van der Waals surface area contributed by atoms with Crippen LogP contribution in [0.1, 0.15) is 45.1 Å². The van der Waals surface area contributed by atoms with Crippen molar-refractivity contribution in [2.75, 3.05) is 13.1 Å². The number of hydrogen-bond acceptors (Lipinski definition) is 1. The second kappa shape index (κ2) is 9.41. The Morgan fingerprint density at radius 2 is 1.94 bits per heavy atom. The zero-order valence-electron chi connectivity index (χ0n) is 11.7. The molecule has 0 aliphatic carbocycles. The zero-order chi connectivity index (χ0) is 13.2. The van der Waals surface area contributed by atoms with Crippen LogP contribution in [-0.4, -0.2) is 13.1 Å². The predicted molar refractivity (Wildman–Crippen MR) is 81.3 cm³/mol. The van der Waals surface area contributed by atoms with E-state index < -0.39 is 0 Å². The molecule has 0 amide bonds. The highest BCUT2D eigenvalue weighted by Gasteiger charge is 2.10. The zero-order valence-corrected chi connectivity index (χ0v) is 12.5. The van der Waals surface area contributed by atoms with Crippen LogP contribution in [0.2, 0.25) is 5.02 Å². The first-order valence-electron chi connectivity index (χ1n) is 7.22. The van der Waals surface area contributed by atoms with Crippen molar-refractivity contribution in [3.63, 3.8) is 0 Å². The maximum atomic E-state index is 6.24. The van der Waals surface area contributed by atoms with E-state index in [0.717, 1.165) is 24.5 Å². The summed E-state index contributed by atoms with van der Waals surface area (Å²) < 4.78 is 0. The third-order valence-corrected chi connectivity index (χ3v) is 3.73. The molecule has 1 nitrogen and oxygen atoms in total. The van der Waals surface area contributed by atoms with Gasteiger partial charge >= 0.3 is 0 Å². The minimum absolute atomic E-state index is 0.705. The molecule has 1 rings (SSSR count). The van der Waals surface area contributed by atoms with Gasteiger partial charge < -0.3 is 5.32 Å². The lowest BCUT2D eigenvalue weighted by atomic mass is 9.93. The topological polar surface area (TPSA) is 12.0 Å². The van der Waals surface area contributed by atoms with E-state index in [4.69, 9.17) is 11.6 Å². The molecule has 1 unspecified atom stereocenters. The van der Waals surface area contributed by atoms with Crippen molar-refractivity contribution >= 4 is 11.6 Å². The Hall–Kier alpha value is -0.530. The van der Waals surface area contributed by atoms with E-state index in [0.29, 0.717) is 5.92 Å². The fourth-order valence-corrected chi connectivity index (χ4v) is 2.50. The molecule has 0 aromatic heterocycles. The SMILES string of the molecule is CCCCCC(CNCC)Cc1ccccc1Cl. The molecular formula is C16H26ClN. The maximum Gasteiger partial charge on any atom is 0.0438 e. The van der Waals surface area contributed by atoms with E-state index in [9.17, 15) is 0 Å². The molecule has 0 aliphatic rings. The molecule has 1 aromatic rings. The summed E-state index contributed by atoms with van der Waals surface area (Å²) in [6.07, 6.45) is 6.35. The minimum Gasteiger partial charge on any atom is -0.317 e. The standard InChI is InChI=1S/C16H26ClN/c1-3-5-6-9-14(13-18-4-2)12-15-10-7-8-11-16(15)17/h7-8,10-11,14,18H,3-6,9,12-13H2,1-2H3. The maximum absolute atomic E-state index is 6.24. The number of halogens is 1. The summed E-state index contributed by atoms with van der Waals surface area (Å²) in [4.78, 5) is 0. The molecule has 0 heterocycles. The van der Waals surface area contributed by atoms with E-state index >= 15 is 0 Å². The van der Waals surface area contributed by atoms with Gasteiger partial charge in [0.25, 0.3) is 0 Å². The van der Waals surface area contributed by atoms with Crippen molar-refractivity contribution < 1.29 is 0 Å². The molecule has 0 saturated heterocycles. The van der Waals surface area contributed by atoms with Gasteiger partial charge in [-0.3, -0.25) is 0 Å². The normalized spacial score (nSPS) is 12.6. The lowest BCUT2D eigenvalue weighted by Gasteiger charge is -2.18. The summed E-state index contributed by atoms with van der Waals surface area (Å²) in [5.74, 6) is 0.705. The van der Waals surface area contributed by atoms with E-state index in [1.165, 1.54) is 31.2 Å². The molecule has 1 N–H and O–H groups in total. The van der Waals surface area contributed by atoms with Gasteiger partial charge in [-0.05, 0) is 43.5 Å². The average molecular weight is 268 g/mol. The van der Waals surface area contributed by atoms with Gasteiger partial charge in [0.1, 0.15) is 0 Å². The second-order valence-electron chi connectivity index (χ2n) is 4.97. The number of hydrogen-bond donors (Lipinski definition) is 1. The molecule has 102 valence electrons. The fraction of sp³-hybridized carbons (Fsp3) is 0.625. The Bertz CT molecular complexity index is 325. The first kappa shape index (κ1) is 15.5.